The Morgan fingerprint density at radius 2 is 0.836 bits per heavy atom. The first-order valence-electron chi connectivity index (χ1n) is 19.8. The summed E-state index contributed by atoms with van der Waals surface area (Å²) in [5.74, 6) is -0.444. The third-order valence-corrected chi connectivity index (χ3v) is 11.3. The molecule has 0 N–H and O–H groups in total. The summed E-state index contributed by atoms with van der Waals surface area (Å²) in [4.78, 5) is 48.8. The first kappa shape index (κ1) is 37.6. The maximum Gasteiger partial charge on any atom is 2.00 e. The van der Waals surface area contributed by atoms with Gasteiger partial charge in [-0.1, -0.05) is 140 Å². The molecule has 8 bridgehead atoms. The van der Waals surface area contributed by atoms with Crippen molar-refractivity contribution in [2.45, 2.75) is 0 Å². The van der Waals surface area contributed by atoms with Crippen molar-refractivity contribution in [1.82, 2.24) is 24.5 Å². The van der Waals surface area contributed by atoms with Crippen molar-refractivity contribution in [3.8, 4) is 55.8 Å². The number of hydrogen-bond acceptors (Lipinski definition) is 4. The Bertz CT molecular complexity index is 3340. The van der Waals surface area contributed by atoms with Crippen molar-refractivity contribution >= 4 is 57.9 Å². The minimum Gasteiger partial charge on any atom is -0.657 e. The molecule has 4 aromatic carbocycles. The van der Waals surface area contributed by atoms with E-state index in [-0.39, 0.29) is 28.1 Å². The fourth-order valence-corrected chi connectivity index (χ4v) is 8.66. The van der Waals surface area contributed by atoms with Crippen molar-refractivity contribution in [1.29, 1.82) is 0 Å². The van der Waals surface area contributed by atoms with Gasteiger partial charge in [0.05, 0.1) is 39.6 Å². The van der Waals surface area contributed by atoms with E-state index in [0.29, 0.717) is 39.1 Å². The quantitative estimate of drug-likeness (QED) is 0.160. The largest absolute Gasteiger partial charge is 2.00 e. The van der Waals surface area contributed by atoms with Crippen LogP contribution >= 0.6 is 0 Å². The summed E-state index contributed by atoms with van der Waals surface area (Å²) in [5.41, 5.74) is 15.0. The summed E-state index contributed by atoms with van der Waals surface area (Å²) in [6.07, 6.45) is 12.6. The average Bonchev–Trinajstić information content (AvgIpc) is 4.15. The molecule has 6 heterocycles. The van der Waals surface area contributed by atoms with E-state index in [4.69, 9.17) is 19.9 Å². The molecule has 0 unspecified atom stereocenters. The molecule has 8 heteroatoms. The van der Waals surface area contributed by atoms with Crippen LogP contribution in [0.5, 0.6) is 0 Å². The zero-order valence-electron chi connectivity index (χ0n) is 32.7. The molecule has 0 fully saturated rings. The molecule has 0 saturated heterocycles. The molecule has 0 atom stereocenters. The van der Waals surface area contributed by atoms with Gasteiger partial charge < -0.3 is 14.5 Å². The molecule has 8 aromatic rings. The van der Waals surface area contributed by atoms with Gasteiger partial charge in [0.25, 0.3) is 0 Å². The summed E-state index contributed by atoms with van der Waals surface area (Å²) in [6.45, 7) is 0. The van der Waals surface area contributed by atoms with Crippen LogP contribution in [0.4, 0.5) is 0 Å². The summed E-state index contributed by atoms with van der Waals surface area (Å²) < 4.78 is 1.87. The molecule has 1 aliphatic carbocycles. The molecule has 61 heavy (non-hydrogen) atoms. The van der Waals surface area contributed by atoms with Crippen LogP contribution in [-0.4, -0.2) is 26.1 Å². The van der Waals surface area contributed by atoms with Gasteiger partial charge in [0, 0.05) is 13.2 Å². The van der Waals surface area contributed by atoms with Crippen molar-refractivity contribution in [2.75, 3.05) is 0 Å². The number of hydrogen-bond donors (Lipinski definition) is 0. The second-order valence-electron chi connectivity index (χ2n) is 15.0. The predicted octanol–water partition coefficient (Wildman–Crippen LogP) is 11.5. The molecule has 0 radical (unpaired) electrons. The van der Waals surface area contributed by atoms with Gasteiger partial charge in [0.1, 0.15) is 0 Å². The number of fused-ring (bicyclic) bond motifs is 9. The van der Waals surface area contributed by atoms with Gasteiger partial charge in [-0.15, -0.1) is 22.1 Å². The van der Waals surface area contributed by atoms with E-state index in [2.05, 4.69) is 66.7 Å². The Labute approximate surface area is 361 Å². The molecule has 0 saturated carbocycles. The molecule has 292 valence electrons. The van der Waals surface area contributed by atoms with Crippen LogP contribution in [0.25, 0.3) is 102 Å². The number of rotatable bonds is 5. The van der Waals surface area contributed by atoms with Crippen molar-refractivity contribution in [3.05, 3.63) is 192 Å². The first-order valence-corrected chi connectivity index (χ1v) is 19.8. The van der Waals surface area contributed by atoms with Gasteiger partial charge in [-0.05, 0) is 86.5 Å². The van der Waals surface area contributed by atoms with Crippen LogP contribution in [0.3, 0.4) is 0 Å². The van der Waals surface area contributed by atoms with E-state index in [9.17, 15) is 9.59 Å². The van der Waals surface area contributed by atoms with Crippen LogP contribution < -0.4 is 9.97 Å². The molecule has 7 nitrogen and oxygen atoms in total. The van der Waals surface area contributed by atoms with E-state index in [1.54, 1.807) is 6.20 Å². The average molecular weight is 831 g/mol. The van der Waals surface area contributed by atoms with Crippen LogP contribution in [0, 0.1) is 0 Å². The van der Waals surface area contributed by atoms with Gasteiger partial charge in [-0.2, -0.15) is 0 Å². The number of ketones is 2. The molecule has 4 aromatic heterocycles. The van der Waals surface area contributed by atoms with E-state index in [1.165, 1.54) is 12.2 Å². The number of carbonyl (C=O) groups excluding carboxylic acids is 2. The van der Waals surface area contributed by atoms with Crippen molar-refractivity contribution < 1.29 is 26.1 Å². The molecular formula is C53H33N5NiO2. The minimum absolute atomic E-state index is 0. The van der Waals surface area contributed by atoms with Gasteiger partial charge in [-0.25, -0.2) is 9.97 Å². The third kappa shape index (κ3) is 6.36. The minimum atomic E-state index is -0.232. The maximum atomic E-state index is 13.8. The van der Waals surface area contributed by atoms with Gasteiger partial charge in [-0.3, -0.25) is 9.59 Å². The summed E-state index contributed by atoms with van der Waals surface area (Å²) in [6, 6.07) is 46.9. The number of aryl methyl sites for hydroxylation is 1. The number of nitrogens with zero attached hydrogens (tertiary/aromatic N) is 5. The molecule has 0 amide bonds. The molecule has 2 aliphatic heterocycles. The molecular weight excluding hydrogens is 797 g/mol. The monoisotopic (exact) mass is 829 g/mol. The van der Waals surface area contributed by atoms with E-state index >= 15 is 0 Å². The molecule has 11 rings (SSSR count). The van der Waals surface area contributed by atoms with Crippen molar-refractivity contribution in [2.24, 2.45) is 7.05 Å². The fraction of sp³-hybridized carbons (Fsp3) is 0.0189. The van der Waals surface area contributed by atoms with Gasteiger partial charge >= 0.3 is 16.5 Å². The standard InChI is InChI=1S/C53H35N5O2.Ni/c1-58-31-37-45(59)28-29-46(60)51(37)53(58)36-30-44-49(34-18-10-4-11-19-34)42-25-24-40(55-42)47(32-14-6-2-7-15-32)38-22-23-39(54-38)48(33-16-8-3-9-17-33)41-26-27-43(56-41)50(52(36)57-44)35-20-12-5-13-21-35;/h2-31H,1H3,(H2,54,55,56,57,59,60);/q;+2/p-2. The van der Waals surface area contributed by atoms with E-state index in [1.807, 2.05) is 109 Å². The Kier molecular flexibility index (Phi) is 9.35. The second-order valence-corrected chi connectivity index (χ2v) is 15.0. The number of allylic oxidation sites excluding steroid dienone is 2. The van der Waals surface area contributed by atoms with Gasteiger partial charge in [0.15, 0.2) is 11.6 Å². The summed E-state index contributed by atoms with van der Waals surface area (Å²) in [5, 5.41) is 0. The fourth-order valence-electron chi connectivity index (χ4n) is 8.66. The van der Waals surface area contributed by atoms with Crippen LogP contribution in [0.2, 0.25) is 0 Å². The number of aromatic nitrogens is 5. The second kappa shape index (κ2) is 15.2. The smallest absolute Gasteiger partial charge is 0.657 e. The zero-order valence-corrected chi connectivity index (χ0v) is 33.7. The maximum absolute atomic E-state index is 13.8. The predicted molar refractivity (Wildman–Crippen MR) is 241 cm³/mol. The van der Waals surface area contributed by atoms with E-state index in [0.717, 1.165) is 72.6 Å². The third-order valence-electron chi connectivity index (χ3n) is 11.3. The normalized spacial score (nSPS) is 12.7. The number of benzene rings is 4. The van der Waals surface area contributed by atoms with E-state index < -0.39 is 0 Å². The topological polar surface area (TPSA) is 93.1 Å². The van der Waals surface area contributed by atoms with Crippen molar-refractivity contribution in [3.63, 3.8) is 0 Å². The molecule has 0 spiro atoms. The Hall–Kier alpha value is -7.67. The Morgan fingerprint density at radius 3 is 1.31 bits per heavy atom. The van der Waals surface area contributed by atoms with Crippen LogP contribution in [0.15, 0.2) is 158 Å². The summed E-state index contributed by atoms with van der Waals surface area (Å²) >= 11 is 0. The Morgan fingerprint density at radius 1 is 0.426 bits per heavy atom. The van der Waals surface area contributed by atoms with Crippen LogP contribution in [-0.2, 0) is 23.5 Å². The zero-order chi connectivity index (χ0) is 40.3. The van der Waals surface area contributed by atoms with Crippen LogP contribution in [0.1, 0.15) is 43.5 Å². The number of carbonyl (C=O) groups is 2. The first-order chi connectivity index (χ1) is 29.5. The van der Waals surface area contributed by atoms with Gasteiger partial charge in [0.2, 0.25) is 0 Å². The SMILES string of the molecule is Cn1cc2c(c1-c1cc3[n-]c1c(-c1ccccc1)c1nc(c(-c4ccccc4)c4ccc([n-]4)c(-c4ccccc4)c4nc(c3-c3ccccc3)C=C4)C=C1)C(=O)C=CC2=O.[Ni+2]. The summed E-state index contributed by atoms with van der Waals surface area (Å²) in [7, 11) is 1.87. The molecule has 3 aliphatic rings. The Balaban J connectivity index is 0.00000445.